The van der Waals surface area contributed by atoms with E-state index in [2.05, 4.69) is 119 Å². The van der Waals surface area contributed by atoms with Crippen molar-refractivity contribution in [2.75, 3.05) is 5.32 Å². The summed E-state index contributed by atoms with van der Waals surface area (Å²) in [5, 5.41) is 18.7. The molecule has 0 fully saturated rings. The maximum absolute atomic E-state index is 6.50. The highest BCUT2D eigenvalue weighted by molar-refractivity contribution is 6.33. The molecule has 7 rings (SSSR count). The van der Waals surface area contributed by atoms with Gasteiger partial charge in [0.15, 0.2) is 5.54 Å². The maximum Gasteiger partial charge on any atom is 0.205 e. The minimum atomic E-state index is -0.840. The zero-order valence-corrected chi connectivity index (χ0v) is 26.9. The lowest BCUT2D eigenvalue weighted by Gasteiger charge is -2.34. The molecule has 0 aliphatic carbocycles. The lowest BCUT2D eigenvalue weighted by Crippen LogP contribution is -2.39. The van der Waals surface area contributed by atoms with Gasteiger partial charge in [-0.15, -0.1) is 15.0 Å². The van der Waals surface area contributed by atoms with E-state index < -0.39 is 5.54 Å². The van der Waals surface area contributed by atoms with Gasteiger partial charge >= 0.3 is 0 Å². The van der Waals surface area contributed by atoms with Gasteiger partial charge in [-0.2, -0.15) is 0 Å². The van der Waals surface area contributed by atoms with Crippen molar-refractivity contribution in [1.82, 2.24) is 25.2 Å². The van der Waals surface area contributed by atoms with Crippen molar-refractivity contribution in [3.05, 3.63) is 184 Å². The number of halogens is 1. The molecule has 2 heterocycles. The number of nitrogens with one attached hydrogen (secondary N) is 1. The van der Waals surface area contributed by atoms with Crippen LogP contribution in [0.25, 0.3) is 22.5 Å². The van der Waals surface area contributed by atoms with Gasteiger partial charge in [0.2, 0.25) is 5.82 Å². The largest absolute Gasteiger partial charge is 0.380 e. The van der Waals surface area contributed by atoms with Gasteiger partial charge in [-0.3, -0.25) is 4.98 Å². The molecule has 0 spiro atoms. The summed E-state index contributed by atoms with van der Waals surface area (Å²) < 4.78 is 0. The third kappa shape index (κ3) is 5.80. The molecule has 0 saturated carbocycles. The Morgan fingerprint density at radius 3 is 1.77 bits per heavy atom. The average molecular weight is 633 g/mol. The minimum absolute atomic E-state index is 0.552. The molecule has 0 radical (unpaired) electrons. The molecule has 230 valence electrons. The second-order valence-electron chi connectivity index (χ2n) is 11.5. The highest BCUT2D eigenvalue weighted by Crippen LogP contribution is 2.40. The van der Waals surface area contributed by atoms with Crippen molar-refractivity contribution in [3.8, 4) is 22.5 Å². The van der Waals surface area contributed by atoms with Crippen LogP contribution in [0.1, 0.15) is 33.6 Å². The van der Waals surface area contributed by atoms with Gasteiger partial charge in [-0.1, -0.05) is 151 Å². The molecule has 47 heavy (non-hydrogen) atoms. The fraction of sp³-hybridized carbons (Fsp3) is 0.100. The summed E-state index contributed by atoms with van der Waals surface area (Å²) in [6, 6.07) is 49.8. The minimum Gasteiger partial charge on any atom is -0.380 e. The number of pyridine rings is 1. The molecular formula is C40H33ClN6. The Hall–Kier alpha value is -5.59. The van der Waals surface area contributed by atoms with Crippen LogP contribution >= 0.6 is 11.6 Å². The zero-order chi connectivity index (χ0) is 32.2. The molecule has 0 saturated heterocycles. The molecule has 0 atom stereocenters. The number of anilines is 1. The van der Waals surface area contributed by atoms with Crippen molar-refractivity contribution >= 4 is 17.3 Å². The summed E-state index contributed by atoms with van der Waals surface area (Å²) in [7, 11) is 0. The molecule has 0 bridgehead atoms. The molecule has 6 nitrogen and oxygen atoms in total. The van der Waals surface area contributed by atoms with E-state index in [1.54, 1.807) is 4.80 Å². The van der Waals surface area contributed by atoms with Crippen LogP contribution in [0.4, 0.5) is 5.69 Å². The smallest absolute Gasteiger partial charge is 0.205 e. The Morgan fingerprint density at radius 1 is 0.660 bits per heavy atom. The highest BCUT2D eigenvalue weighted by Gasteiger charge is 2.41. The number of benzene rings is 5. The lowest BCUT2D eigenvalue weighted by atomic mass is 9.77. The Labute approximate surface area is 279 Å². The van der Waals surface area contributed by atoms with Crippen molar-refractivity contribution in [1.29, 1.82) is 0 Å². The third-order valence-corrected chi connectivity index (χ3v) is 8.93. The summed E-state index contributed by atoms with van der Waals surface area (Å²) in [4.78, 5) is 6.21. The number of hydrogen-bond donors (Lipinski definition) is 1. The Morgan fingerprint density at radius 2 is 1.19 bits per heavy atom. The van der Waals surface area contributed by atoms with Gasteiger partial charge < -0.3 is 5.32 Å². The number of rotatable bonds is 9. The highest BCUT2D eigenvalue weighted by atomic mass is 35.5. The summed E-state index contributed by atoms with van der Waals surface area (Å²) >= 11 is 6.50. The summed E-state index contributed by atoms with van der Waals surface area (Å²) in [5.41, 5.74) is 9.05. The molecule has 0 unspecified atom stereocenters. The maximum atomic E-state index is 6.50. The van der Waals surface area contributed by atoms with Crippen LogP contribution in [0.2, 0.25) is 5.02 Å². The van der Waals surface area contributed by atoms with Crippen LogP contribution < -0.4 is 5.32 Å². The van der Waals surface area contributed by atoms with E-state index in [-0.39, 0.29) is 0 Å². The molecular weight excluding hydrogens is 600 g/mol. The number of nitrogens with zero attached hydrogens (tertiary/aromatic N) is 5. The fourth-order valence-electron chi connectivity index (χ4n) is 6.22. The van der Waals surface area contributed by atoms with Crippen molar-refractivity contribution in [2.45, 2.75) is 25.9 Å². The topological polar surface area (TPSA) is 68.5 Å². The van der Waals surface area contributed by atoms with E-state index in [0.29, 0.717) is 17.4 Å². The monoisotopic (exact) mass is 632 g/mol. The number of aryl methyl sites for hydroxylation is 2. The summed E-state index contributed by atoms with van der Waals surface area (Å²) in [5.74, 6) is 0.552. The molecule has 0 amide bonds. The SMILES string of the molecule is Cc1cc(NCc2ccc(-c3ccccc3-c3nnn(C(c4ccccc4)(c4ccccc4)c4ccccc4)n3)cc2)c(Cl)c(C)n1. The predicted octanol–water partition coefficient (Wildman–Crippen LogP) is 9.12. The van der Waals surface area contributed by atoms with Gasteiger partial charge in [0, 0.05) is 17.8 Å². The van der Waals surface area contributed by atoms with Crippen LogP contribution in [0.15, 0.2) is 146 Å². The van der Waals surface area contributed by atoms with Gasteiger partial charge in [-0.05, 0) is 58.5 Å². The first-order valence-corrected chi connectivity index (χ1v) is 16.0. The normalized spacial score (nSPS) is 11.4. The van der Waals surface area contributed by atoms with E-state index in [4.69, 9.17) is 27.0 Å². The van der Waals surface area contributed by atoms with Crippen molar-refractivity contribution < 1.29 is 0 Å². The molecule has 7 heteroatoms. The van der Waals surface area contributed by atoms with Crippen molar-refractivity contribution in [3.63, 3.8) is 0 Å². The standard InChI is InChI=1S/C40H33ClN6/c1-28-26-37(38(41)29(2)43-28)42-27-30-22-24-31(25-23-30)35-20-12-13-21-36(35)39-44-46-47(45-39)40(32-14-6-3-7-15-32,33-16-8-4-9-17-33)34-18-10-5-11-19-34/h3-26H,27H2,1-2H3,(H,42,43). The van der Waals surface area contributed by atoms with Gasteiger partial charge in [0.05, 0.1) is 16.4 Å². The molecule has 0 aliphatic heterocycles. The van der Waals surface area contributed by atoms with E-state index in [0.717, 1.165) is 56.0 Å². The molecule has 2 aromatic heterocycles. The van der Waals surface area contributed by atoms with E-state index in [1.165, 1.54) is 0 Å². The number of aromatic nitrogens is 5. The van der Waals surface area contributed by atoms with E-state index in [9.17, 15) is 0 Å². The van der Waals surface area contributed by atoms with Gasteiger partial charge in [-0.25, -0.2) is 0 Å². The first-order valence-electron chi connectivity index (χ1n) is 15.6. The number of tetrazole rings is 1. The second-order valence-corrected chi connectivity index (χ2v) is 11.9. The Kier molecular flexibility index (Phi) is 8.34. The summed E-state index contributed by atoms with van der Waals surface area (Å²) in [6.45, 7) is 4.53. The van der Waals surface area contributed by atoms with Crippen LogP contribution in [-0.2, 0) is 12.1 Å². The quantitative estimate of drug-likeness (QED) is 0.161. The lowest BCUT2D eigenvalue weighted by molar-refractivity contribution is 0.396. The third-order valence-electron chi connectivity index (χ3n) is 8.46. The predicted molar refractivity (Wildman–Crippen MR) is 189 cm³/mol. The molecule has 1 N–H and O–H groups in total. The summed E-state index contributed by atoms with van der Waals surface area (Å²) in [6.07, 6.45) is 0. The Bertz CT molecular complexity index is 2010. The fourth-order valence-corrected chi connectivity index (χ4v) is 6.38. The van der Waals surface area contributed by atoms with Crippen LogP contribution in [0, 0.1) is 13.8 Å². The molecule has 0 aliphatic rings. The molecule has 5 aromatic carbocycles. The van der Waals surface area contributed by atoms with Crippen LogP contribution in [-0.4, -0.2) is 25.2 Å². The van der Waals surface area contributed by atoms with Crippen LogP contribution in [0.5, 0.6) is 0 Å². The Balaban J connectivity index is 1.26. The van der Waals surface area contributed by atoms with Gasteiger partial charge in [0.25, 0.3) is 0 Å². The first-order chi connectivity index (χ1) is 23.0. The zero-order valence-electron chi connectivity index (χ0n) is 26.2. The molecule has 7 aromatic rings. The van der Waals surface area contributed by atoms with Crippen molar-refractivity contribution in [2.24, 2.45) is 0 Å². The van der Waals surface area contributed by atoms with Crippen LogP contribution in [0.3, 0.4) is 0 Å². The van der Waals surface area contributed by atoms with E-state index in [1.807, 2.05) is 50.2 Å². The van der Waals surface area contributed by atoms with E-state index >= 15 is 0 Å². The average Bonchev–Trinajstić information content (AvgIpc) is 3.62. The first kappa shape index (κ1) is 30.1. The van der Waals surface area contributed by atoms with Gasteiger partial charge in [0.1, 0.15) is 0 Å². The number of hydrogen-bond acceptors (Lipinski definition) is 5. The second kappa shape index (κ2) is 13.0.